The van der Waals surface area contributed by atoms with Gasteiger partial charge in [0.25, 0.3) is 5.91 Å². The van der Waals surface area contributed by atoms with E-state index in [-0.39, 0.29) is 23.9 Å². The average molecular weight is 265 g/mol. The van der Waals surface area contributed by atoms with Crippen molar-refractivity contribution in [3.63, 3.8) is 0 Å². The SMILES string of the molecule is Cc1ccc(C(=O)N2CC(C)C(C(=O)O)C2)cc1F. The van der Waals surface area contributed by atoms with Gasteiger partial charge in [0, 0.05) is 18.7 Å². The van der Waals surface area contributed by atoms with E-state index in [1.807, 2.05) is 6.92 Å². The molecule has 5 heteroatoms. The first-order chi connectivity index (χ1) is 8.90. The highest BCUT2D eigenvalue weighted by molar-refractivity contribution is 5.95. The summed E-state index contributed by atoms with van der Waals surface area (Å²) in [4.78, 5) is 24.7. The molecule has 0 aromatic heterocycles. The number of nitrogens with zero attached hydrogens (tertiary/aromatic N) is 1. The van der Waals surface area contributed by atoms with Crippen LogP contribution < -0.4 is 0 Å². The molecule has 2 atom stereocenters. The van der Waals surface area contributed by atoms with Crippen molar-refractivity contribution in [3.05, 3.63) is 35.1 Å². The molecule has 0 radical (unpaired) electrons. The number of likely N-dealkylation sites (tertiary alicyclic amines) is 1. The molecule has 0 aliphatic carbocycles. The fourth-order valence-electron chi connectivity index (χ4n) is 2.36. The highest BCUT2D eigenvalue weighted by Gasteiger charge is 2.37. The fraction of sp³-hybridized carbons (Fsp3) is 0.429. The summed E-state index contributed by atoms with van der Waals surface area (Å²) in [5.41, 5.74) is 0.746. The van der Waals surface area contributed by atoms with E-state index in [2.05, 4.69) is 0 Å². The van der Waals surface area contributed by atoms with Crippen LogP contribution in [0, 0.1) is 24.6 Å². The van der Waals surface area contributed by atoms with Gasteiger partial charge in [-0.1, -0.05) is 13.0 Å². The molecule has 1 amide bonds. The summed E-state index contributed by atoms with van der Waals surface area (Å²) in [5, 5.41) is 9.04. The molecule has 0 bridgehead atoms. The Bertz CT molecular complexity index is 529. The molecule has 1 fully saturated rings. The van der Waals surface area contributed by atoms with E-state index < -0.39 is 17.7 Å². The van der Waals surface area contributed by atoms with Gasteiger partial charge in [-0.3, -0.25) is 9.59 Å². The van der Waals surface area contributed by atoms with Gasteiger partial charge < -0.3 is 10.0 Å². The minimum Gasteiger partial charge on any atom is -0.481 e. The lowest BCUT2D eigenvalue weighted by molar-refractivity contribution is -0.142. The molecule has 2 unspecified atom stereocenters. The second kappa shape index (κ2) is 4.99. The van der Waals surface area contributed by atoms with E-state index >= 15 is 0 Å². The molecule has 19 heavy (non-hydrogen) atoms. The first-order valence-corrected chi connectivity index (χ1v) is 6.18. The predicted octanol–water partition coefficient (Wildman–Crippen LogP) is 1.93. The van der Waals surface area contributed by atoms with Crippen molar-refractivity contribution in [2.75, 3.05) is 13.1 Å². The number of amides is 1. The standard InChI is InChI=1S/C14H16FNO3/c1-8-3-4-10(5-12(8)15)13(17)16-6-9(2)11(7-16)14(18)19/h3-5,9,11H,6-7H2,1-2H3,(H,18,19). The van der Waals surface area contributed by atoms with Crippen LogP contribution in [0.4, 0.5) is 4.39 Å². The molecule has 1 heterocycles. The molecule has 2 rings (SSSR count). The van der Waals surface area contributed by atoms with E-state index in [4.69, 9.17) is 5.11 Å². The van der Waals surface area contributed by atoms with Crippen LogP contribution in [-0.2, 0) is 4.79 Å². The smallest absolute Gasteiger partial charge is 0.308 e. The monoisotopic (exact) mass is 265 g/mol. The average Bonchev–Trinajstić information content (AvgIpc) is 2.74. The number of carbonyl (C=O) groups excluding carboxylic acids is 1. The van der Waals surface area contributed by atoms with Crippen LogP contribution in [0.1, 0.15) is 22.8 Å². The van der Waals surface area contributed by atoms with Gasteiger partial charge in [-0.15, -0.1) is 0 Å². The molecule has 1 aliphatic rings. The predicted molar refractivity (Wildman–Crippen MR) is 67.3 cm³/mol. The third-order valence-corrected chi connectivity index (χ3v) is 3.64. The van der Waals surface area contributed by atoms with Crippen LogP contribution in [-0.4, -0.2) is 35.0 Å². The van der Waals surface area contributed by atoms with Crippen molar-refractivity contribution >= 4 is 11.9 Å². The van der Waals surface area contributed by atoms with Crippen molar-refractivity contribution in [1.29, 1.82) is 0 Å². The van der Waals surface area contributed by atoms with Gasteiger partial charge in [-0.05, 0) is 30.5 Å². The third kappa shape index (κ3) is 2.59. The number of aryl methyl sites for hydroxylation is 1. The summed E-state index contributed by atoms with van der Waals surface area (Å²) < 4.78 is 13.4. The van der Waals surface area contributed by atoms with Crippen LogP contribution in [0.2, 0.25) is 0 Å². The van der Waals surface area contributed by atoms with Gasteiger partial charge in [-0.25, -0.2) is 4.39 Å². The Morgan fingerprint density at radius 1 is 1.37 bits per heavy atom. The minimum absolute atomic E-state index is 0.0863. The number of carboxylic acids is 1. The van der Waals surface area contributed by atoms with Gasteiger partial charge in [0.2, 0.25) is 0 Å². The number of hydrogen-bond acceptors (Lipinski definition) is 2. The number of benzene rings is 1. The molecule has 102 valence electrons. The van der Waals surface area contributed by atoms with Gasteiger partial charge in [0.1, 0.15) is 5.82 Å². The van der Waals surface area contributed by atoms with Crippen molar-refractivity contribution < 1.29 is 19.1 Å². The fourth-order valence-corrected chi connectivity index (χ4v) is 2.36. The second-order valence-corrected chi connectivity index (χ2v) is 5.10. The maximum Gasteiger partial charge on any atom is 0.308 e. The van der Waals surface area contributed by atoms with E-state index in [0.29, 0.717) is 12.1 Å². The van der Waals surface area contributed by atoms with Crippen LogP contribution in [0.3, 0.4) is 0 Å². The molecule has 4 nitrogen and oxygen atoms in total. The third-order valence-electron chi connectivity index (χ3n) is 3.64. The number of carbonyl (C=O) groups is 2. The topological polar surface area (TPSA) is 57.6 Å². The summed E-state index contributed by atoms with van der Waals surface area (Å²) in [6, 6.07) is 4.33. The Morgan fingerprint density at radius 2 is 2.05 bits per heavy atom. The molecule has 1 saturated heterocycles. The second-order valence-electron chi connectivity index (χ2n) is 5.10. The highest BCUT2D eigenvalue weighted by atomic mass is 19.1. The quantitative estimate of drug-likeness (QED) is 0.888. The van der Waals surface area contributed by atoms with Crippen LogP contribution in [0.25, 0.3) is 0 Å². The number of halogens is 1. The Morgan fingerprint density at radius 3 is 2.58 bits per heavy atom. The lowest BCUT2D eigenvalue weighted by atomic mass is 9.99. The molecule has 0 spiro atoms. The van der Waals surface area contributed by atoms with Gasteiger partial charge in [-0.2, -0.15) is 0 Å². The first-order valence-electron chi connectivity index (χ1n) is 6.18. The molecule has 1 aromatic rings. The summed E-state index contributed by atoms with van der Waals surface area (Å²) >= 11 is 0. The normalized spacial score (nSPS) is 22.6. The molecule has 1 aliphatic heterocycles. The minimum atomic E-state index is -0.891. The lowest BCUT2D eigenvalue weighted by Crippen LogP contribution is -2.30. The van der Waals surface area contributed by atoms with E-state index in [9.17, 15) is 14.0 Å². The van der Waals surface area contributed by atoms with E-state index in [1.54, 1.807) is 19.1 Å². The number of hydrogen-bond donors (Lipinski definition) is 1. The summed E-state index contributed by atoms with van der Waals surface area (Å²) in [6.45, 7) is 4.01. The molecule has 0 saturated carbocycles. The van der Waals surface area contributed by atoms with Crippen LogP contribution in [0.5, 0.6) is 0 Å². The molecular weight excluding hydrogens is 249 g/mol. The molecular formula is C14H16FNO3. The maximum atomic E-state index is 13.4. The number of rotatable bonds is 2. The zero-order chi connectivity index (χ0) is 14.2. The zero-order valence-electron chi connectivity index (χ0n) is 10.9. The van der Waals surface area contributed by atoms with E-state index in [0.717, 1.165) is 0 Å². The summed E-state index contributed by atoms with van der Waals surface area (Å²) in [7, 11) is 0. The molecule has 1 aromatic carbocycles. The van der Waals surface area contributed by atoms with Crippen molar-refractivity contribution in [2.45, 2.75) is 13.8 Å². The molecule has 1 N–H and O–H groups in total. The van der Waals surface area contributed by atoms with Gasteiger partial charge in [0.15, 0.2) is 0 Å². The zero-order valence-corrected chi connectivity index (χ0v) is 10.9. The highest BCUT2D eigenvalue weighted by Crippen LogP contribution is 2.25. The Hall–Kier alpha value is -1.91. The first kappa shape index (κ1) is 13.5. The van der Waals surface area contributed by atoms with Crippen molar-refractivity contribution in [3.8, 4) is 0 Å². The number of carboxylic acid groups (broad SMARTS) is 1. The van der Waals surface area contributed by atoms with Gasteiger partial charge in [0.05, 0.1) is 5.92 Å². The summed E-state index contributed by atoms with van der Waals surface area (Å²) in [5.74, 6) is -2.25. The van der Waals surface area contributed by atoms with Gasteiger partial charge >= 0.3 is 5.97 Å². The van der Waals surface area contributed by atoms with Crippen molar-refractivity contribution in [1.82, 2.24) is 4.90 Å². The largest absolute Gasteiger partial charge is 0.481 e. The lowest BCUT2D eigenvalue weighted by Gasteiger charge is -2.16. The number of aliphatic carboxylic acids is 1. The van der Waals surface area contributed by atoms with Crippen LogP contribution >= 0.6 is 0 Å². The maximum absolute atomic E-state index is 13.4. The summed E-state index contributed by atoms with van der Waals surface area (Å²) in [6.07, 6.45) is 0. The Labute approximate surface area is 110 Å². The Kier molecular flexibility index (Phi) is 3.55. The van der Waals surface area contributed by atoms with E-state index in [1.165, 1.54) is 11.0 Å². The van der Waals surface area contributed by atoms with Crippen LogP contribution in [0.15, 0.2) is 18.2 Å². The Balaban J connectivity index is 2.17. The van der Waals surface area contributed by atoms with Crippen molar-refractivity contribution in [2.24, 2.45) is 11.8 Å².